The number of allylic oxidation sites excluding steroid dienone is 1. The standard InChI is InChI=1S/C17H16ClNOS/c1-19(2)12-16(21-15-6-4-3-5-7-15)17(20)13-8-10-14(18)11-9-13/h3-12H,1-2H3/b16-12-. The lowest BCUT2D eigenvalue weighted by Gasteiger charge is -2.11. The minimum Gasteiger partial charge on any atom is -0.382 e. The zero-order valence-corrected chi connectivity index (χ0v) is 13.5. The van der Waals surface area contributed by atoms with Crippen LogP contribution >= 0.6 is 23.4 Å². The van der Waals surface area contributed by atoms with E-state index < -0.39 is 0 Å². The van der Waals surface area contributed by atoms with E-state index in [0.29, 0.717) is 15.5 Å². The van der Waals surface area contributed by atoms with Crippen LogP contribution in [0.4, 0.5) is 0 Å². The number of halogens is 1. The average molecular weight is 318 g/mol. The molecule has 0 saturated heterocycles. The molecule has 0 aliphatic heterocycles. The van der Waals surface area contributed by atoms with Gasteiger partial charge in [-0.2, -0.15) is 0 Å². The number of ketones is 1. The Labute approximate surface area is 134 Å². The van der Waals surface area contributed by atoms with Gasteiger partial charge in [-0.25, -0.2) is 0 Å². The highest BCUT2D eigenvalue weighted by Gasteiger charge is 2.14. The van der Waals surface area contributed by atoms with Gasteiger partial charge in [0.2, 0.25) is 5.78 Å². The van der Waals surface area contributed by atoms with Gasteiger partial charge in [0, 0.05) is 35.8 Å². The van der Waals surface area contributed by atoms with Crippen molar-refractivity contribution in [1.82, 2.24) is 4.90 Å². The monoisotopic (exact) mass is 317 g/mol. The number of thioether (sulfide) groups is 1. The van der Waals surface area contributed by atoms with E-state index in [1.807, 2.05) is 55.5 Å². The van der Waals surface area contributed by atoms with Gasteiger partial charge in [0.15, 0.2) is 0 Å². The van der Waals surface area contributed by atoms with Crippen LogP contribution in [-0.4, -0.2) is 24.8 Å². The van der Waals surface area contributed by atoms with Crippen molar-refractivity contribution in [2.45, 2.75) is 4.90 Å². The summed E-state index contributed by atoms with van der Waals surface area (Å²) in [4.78, 5) is 16.2. The second-order valence-electron chi connectivity index (χ2n) is 4.71. The molecular formula is C17H16ClNOS. The maximum atomic E-state index is 12.6. The van der Waals surface area contributed by atoms with Gasteiger partial charge in [-0.05, 0) is 36.4 Å². The molecule has 0 fully saturated rings. The van der Waals surface area contributed by atoms with Gasteiger partial charge in [-0.15, -0.1) is 0 Å². The number of Topliss-reactive ketones (excluding diaryl/α,β-unsaturated/α-hetero) is 1. The van der Waals surface area contributed by atoms with Crippen molar-refractivity contribution in [3.8, 4) is 0 Å². The molecule has 0 aliphatic carbocycles. The first kappa shape index (κ1) is 15.7. The highest BCUT2D eigenvalue weighted by molar-refractivity contribution is 8.04. The predicted octanol–water partition coefficient (Wildman–Crippen LogP) is 4.72. The third-order valence-corrected chi connectivity index (χ3v) is 3.95. The van der Waals surface area contributed by atoms with Gasteiger partial charge in [-0.1, -0.05) is 41.6 Å². The molecule has 0 amide bonds. The molecule has 108 valence electrons. The van der Waals surface area contributed by atoms with Crippen molar-refractivity contribution < 1.29 is 4.79 Å². The Bertz CT molecular complexity index is 636. The first-order chi connectivity index (χ1) is 10.1. The van der Waals surface area contributed by atoms with Crippen molar-refractivity contribution in [3.63, 3.8) is 0 Å². The zero-order chi connectivity index (χ0) is 15.2. The van der Waals surface area contributed by atoms with E-state index in [1.165, 1.54) is 11.8 Å². The van der Waals surface area contributed by atoms with Crippen LogP contribution in [0.15, 0.2) is 70.6 Å². The van der Waals surface area contributed by atoms with E-state index >= 15 is 0 Å². The molecule has 0 unspecified atom stereocenters. The molecule has 0 N–H and O–H groups in total. The number of carbonyl (C=O) groups excluding carboxylic acids is 1. The van der Waals surface area contributed by atoms with Gasteiger partial charge < -0.3 is 4.90 Å². The molecule has 2 nitrogen and oxygen atoms in total. The van der Waals surface area contributed by atoms with E-state index in [0.717, 1.165) is 4.90 Å². The van der Waals surface area contributed by atoms with Crippen LogP contribution in [0.2, 0.25) is 5.02 Å². The van der Waals surface area contributed by atoms with Gasteiger partial charge >= 0.3 is 0 Å². The highest BCUT2D eigenvalue weighted by atomic mass is 35.5. The Kier molecular flexibility index (Phi) is 5.48. The van der Waals surface area contributed by atoms with Crippen LogP contribution in [0, 0.1) is 0 Å². The molecule has 21 heavy (non-hydrogen) atoms. The summed E-state index contributed by atoms with van der Waals surface area (Å²) >= 11 is 7.33. The topological polar surface area (TPSA) is 20.3 Å². The Morgan fingerprint density at radius 1 is 1.05 bits per heavy atom. The molecule has 2 rings (SSSR count). The lowest BCUT2D eigenvalue weighted by Crippen LogP contribution is -2.08. The lowest BCUT2D eigenvalue weighted by atomic mass is 10.1. The molecule has 0 aromatic heterocycles. The molecule has 0 heterocycles. The Balaban J connectivity index is 2.28. The van der Waals surface area contributed by atoms with Crippen molar-refractivity contribution in [2.24, 2.45) is 0 Å². The molecule has 0 bridgehead atoms. The molecule has 2 aromatic carbocycles. The predicted molar refractivity (Wildman–Crippen MR) is 89.9 cm³/mol. The largest absolute Gasteiger partial charge is 0.382 e. The number of nitrogens with zero attached hydrogens (tertiary/aromatic N) is 1. The van der Waals surface area contributed by atoms with Gasteiger partial charge in [0.25, 0.3) is 0 Å². The fourth-order valence-corrected chi connectivity index (χ4v) is 2.87. The minimum atomic E-state index is -0.00535. The number of hydrogen-bond donors (Lipinski definition) is 0. The van der Waals surface area contributed by atoms with Gasteiger partial charge in [0.05, 0.1) is 4.91 Å². The third-order valence-electron chi connectivity index (χ3n) is 2.68. The molecule has 0 atom stereocenters. The lowest BCUT2D eigenvalue weighted by molar-refractivity contribution is 0.104. The molecule has 0 radical (unpaired) electrons. The quantitative estimate of drug-likeness (QED) is 0.452. The molecule has 0 aliphatic rings. The second kappa shape index (κ2) is 7.34. The molecule has 0 saturated carbocycles. The van der Waals surface area contributed by atoms with Crippen LogP contribution in [0.1, 0.15) is 10.4 Å². The second-order valence-corrected chi connectivity index (χ2v) is 6.26. The van der Waals surface area contributed by atoms with Crippen LogP contribution < -0.4 is 0 Å². The molecule has 0 spiro atoms. The summed E-state index contributed by atoms with van der Waals surface area (Å²) in [5, 5.41) is 0.625. The Hall–Kier alpha value is -1.71. The molecule has 2 aromatic rings. The zero-order valence-electron chi connectivity index (χ0n) is 11.9. The van der Waals surface area contributed by atoms with Gasteiger partial charge in [0.1, 0.15) is 0 Å². The van der Waals surface area contributed by atoms with E-state index in [1.54, 1.807) is 24.3 Å². The van der Waals surface area contributed by atoms with E-state index in [2.05, 4.69) is 0 Å². The van der Waals surface area contributed by atoms with Crippen LogP contribution in [0.5, 0.6) is 0 Å². The van der Waals surface area contributed by atoms with Crippen LogP contribution in [0.3, 0.4) is 0 Å². The molecular weight excluding hydrogens is 302 g/mol. The first-order valence-electron chi connectivity index (χ1n) is 6.47. The average Bonchev–Trinajstić information content (AvgIpc) is 2.47. The number of hydrogen-bond acceptors (Lipinski definition) is 3. The van der Waals surface area contributed by atoms with Crippen LogP contribution in [-0.2, 0) is 0 Å². The van der Waals surface area contributed by atoms with Crippen molar-refractivity contribution in [3.05, 3.63) is 76.3 Å². The van der Waals surface area contributed by atoms with Crippen molar-refractivity contribution >= 4 is 29.1 Å². The van der Waals surface area contributed by atoms with E-state index in [4.69, 9.17) is 11.6 Å². The third kappa shape index (κ3) is 4.66. The van der Waals surface area contributed by atoms with E-state index in [-0.39, 0.29) is 5.78 Å². The highest BCUT2D eigenvalue weighted by Crippen LogP contribution is 2.29. The fourth-order valence-electron chi connectivity index (χ4n) is 1.72. The summed E-state index contributed by atoms with van der Waals surface area (Å²) in [7, 11) is 3.81. The molecule has 4 heteroatoms. The maximum Gasteiger partial charge on any atom is 0.201 e. The summed E-state index contributed by atoms with van der Waals surface area (Å²) in [6.07, 6.45) is 1.84. The Morgan fingerprint density at radius 2 is 1.67 bits per heavy atom. The number of rotatable bonds is 5. The normalized spacial score (nSPS) is 11.3. The summed E-state index contributed by atoms with van der Waals surface area (Å²) in [5.74, 6) is -0.00535. The first-order valence-corrected chi connectivity index (χ1v) is 7.67. The van der Waals surface area contributed by atoms with Gasteiger partial charge in [-0.3, -0.25) is 4.79 Å². The SMILES string of the molecule is CN(C)/C=C(\Sc1ccccc1)C(=O)c1ccc(Cl)cc1. The van der Waals surface area contributed by atoms with Crippen molar-refractivity contribution in [2.75, 3.05) is 14.1 Å². The summed E-state index contributed by atoms with van der Waals surface area (Å²) < 4.78 is 0. The van der Waals surface area contributed by atoms with E-state index in [9.17, 15) is 4.79 Å². The fraction of sp³-hybridized carbons (Fsp3) is 0.118. The maximum absolute atomic E-state index is 12.6. The summed E-state index contributed by atoms with van der Waals surface area (Å²) in [5.41, 5.74) is 0.635. The Morgan fingerprint density at radius 3 is 2.24 bits per heavy atom. The number of carbonyl (C=O) groups is 1. The summed E-state index contributed by atoms with van der Waals surface area (Å²) in [6.45, 7) is 0. The summed E-state index contributed by atoms with van der Waals surface area (Å²) in [6, 6.07) is 16.8. The number of benzene rings is 2. The van der Waals surface area contributed by atoms with Crippen LogP contribution in [0.25, 0.3) is 0 Å². The minimum absolute atomic E-state index is 0.00535. The smallest absolute Gasteiger partial charge is 0.201 e. The van der Waals surface area contributed by atoms with Crippen molar-refractivity contribution in [1.29, 1.82) is 0 Å².